The maximum absolute atomic E-state index is 12.0. The SMILES string of the molecule is O=C(O)[S+]([O-])C(c1ccccc1)c1ccccc1. The molecule has 3 nitrogen and oxygen atoms in total. The van der Waals surface area contributed by atoms with E-state index in [2.05, 4.69) is 0 Å². The van der Waals surface area contributed by atoms with Crippen LogP contribution in [-0.4, -0.2) is 15.0 Å². The second-order valence-corrected chi connectivity index (χ2v) is 5.18. The molecule has 2 aromatic rings. The zero-order chi connectivity index (χ0) is 13.0. The summed E-state index contributed by atoms with van der Waals surface area (Å²) in [6, 6.07) is 18.1. The highest BCUT2D eigenvalue weighted by Gasteiger charge is 2.32. The molecule has 0 radical (unpaired) electrons. The van der Waals surface area contributed by atoms with Gasteiger partial charge in [0.2, 0.25) is 0 Å². The van der Waals surface area contributed by atoms with Crippen LogP contribution in [0.2, 0.25) is 0 Å². The molecule has 0 saturated carbocycles. The number of rotatable bonds is 3. The predicted octanol–water partition coefficient (Wildman–Crippen LogP) is 3.20. The molecule has 4 heteroatoms. The van der Waals surface area contributed by atoms with Crippen molar-refractivity contribution >= 4 is 16.5 Å². The number of benzene rings is 2. The van der Waals surface area contributed by atoms with Crippen LogP contribution in [-0.2, 0) is 11.2 Å². The highest BCUT2D eigenvalue weighted by atomic mass is 32.2. The van der Waals surface area contributed by atoms with E-state index in [0.717, 1.165) is 11.1 Å². The second-order valence-electron chi connectivity index (χ2n) is 3.76. The minimum atomic E-state index is -1.99. The quantitative estimate of drug-likeness (QED) is 0.862. The van der Waals surface area contributed by atoms with Crippen LogP contribution in [0.15, 0.2) is 60.7 Å². The van der Waals surface area contributed by atoms with E-state index in [9.17, 15) is 9.35 Å². The molecule has 1 N–H and O–H groups in total. The Morgan fingerprint density at radius 1 is 0.944 bits per heavy atom. The van der Waals surface area contributed by atoms with Gasteiger partial charge >= 0.3 is 5.30 Å². The van der Waals surface area contributed by atoms with Gasteiger partial charge in [-0.15, -0.1) is 0 Å². The molecule has 18 heavy (non-hydrogen) atoms. The van der Waals surface area contributed by atoms with Crippen molar-refractivity contribution in [3.8, 4) is 0 Å². The fourth-order valence-corrected chi connectivity index (χ4v) is 2.81. The van der Waals surface area contributed by atoms with Gasteiger partial charge in [-0.25, -0.2) is 0 Å². The van der Waals surface area contributed by atoms with Gasteiger partial charge < -0.3 is 9.66 Å². The molecule has 1 unspecified atom stereocenters. The summed E-state index contributed by atoms with van der Waals surface area (Å²) in [5.74, 6) is 0. The van der Waals surface area contributed by atoms with Crippen molar-refractivity contribution in [3.63, 3.8) is 0 Å². The van der Waals surface area contributed by atoms with Gasteiger partial charge in [0.25, 0.3) is 0 Å². The van der Waals surface area contributed by atoms with Crippen LogP contribution < -0.4 is 0 Å². The third kappa shape index (κ3) is 2.72. The first kappa shape index (κ1) is 12.7. The number of hydrogen-bond donors (Lipinski definition) is 1. The Kier molecular flexibility index (Phi) is 4.02. The van der Waals surface area contributed by atoms with Crippen molar-refractivity contribution in [2.45, 2.75) is 5.25 Å². The van der Waals surface area contributed by atoms with E-state index < -0.39 is 21.7 Å². The molecule has 0 spiro atoms. The van der Waals surface area contributed by atoms with Gasteiger partial charge in [0.15, 0.2) is 5.25 Å². The maximum atomic E-state index is 12.0. The molecule has 1 atom stereocenters. The van der Waals surface area contributed by atoms with E-state index in [1.54, 1.807) is 24.3 Å². The molecule has 0 bridgehead atoms. The van der Waals surface area contributed by atoms with Crippen molar-refractivity contribution in [3.05, 3.63) is 71.8 Å². The minimum Gasteiger partial charge on any atom is -0.606 e. The van der Waals surface area contributed by atoms with Crippen molar-refractivity contribution in [1.29, 1.82) is 0 Å². The zero-order valence-electron chi connectivity index (χ0n) is 9.52. The fraction of sp³-hybridized carbons (Fsp3) is 0.0714. The molecule has 0 saturated heterocycles. The highest BCUT2D eigenvalue weighted by molar-refractivity contribution is 8.05. The Balaban J connectivity index is 2.45. The molecule has 2 aromatic carbocycles. The summed E-state index contributed by atoms with van der Waals surface area (Å²) < 4.78 is 12.0. The van der Waals surface area contributed by atoms with Crippen LogP contribution in [0, 0.1) is 0 Å². The molecule has 0 heterocycles. The summed E-state index contributed by atoms with van der Waals surface area (Å²) >= 11 is -1.99. The van der Waals surface area contributed by atoms with E-state index in [4.69, 9.17) is 5.11 Å². The first-order chi connectivity index (χ1) is 8.70. The standard InChI is InChI=1S/C14H12O3S/c15-14(16)18(17)13(11-7-3-1-4-8-11)12-9-5-2-6-10-12/h1-10,13H,(H,15,16). The lowest BCUT2D eigenvalue weighted by Gasteiger charge is -2.18. The second kappa shape index (κ2) is 5.71. The number of hydrogen-bond acceptors (Lipinski definition) is 2. The Hall–Kier alpha value is -1.78. The Bertz CT molecular complexity index is 474. The molecule has 0 aliphatic rings. The lowest BCUT2D eigenvalue weighted by molar-refractivity contribution is 0.219. The van der Waals surface area contributed by atoms with E-state index in [-0.39, 0.29) is 0 Å². The van der Waals surface area contributed by atoms with Gasteiger partial charge in [-0.1, -0.05) is 60.7 Å². The third-order valence-electron chi connectivity index (χ3n) is 2.59. The molecule has 0 fully saturated rings. The molecule has 0 amide bonds. The number of carboxylic acid groups (broad SMARTS) is 1. The number of carbonyl (C=O) groups is 1. The van der Waals surface area contributed by atoms with Crippen LogP contribution in [0.3, 0.4) is 0 Å². The maximum Gasteiger partial charge on any atom is 0.521 e. The lowest BCUT2D eigenvalue weighted by Crippen LogP contribution is -2.21. The summed E-state index contributed by atoms with van der Waals surface area (Å²) in [7, 11) is 0. The van der Waals surface area contributed by atoms with Crippen LogP contribution >= 0.6 is 0 Å². The third-order valence-corrected chi connectivity index (χ3v) is 3.91. The van der Waals surface area contributed by atoms with Crippen LogP contribution in [0.4, 0.5) is 4.79 Å². The van der Waals surface area contributed by atoms with Crippen molar-refractivity contribution < 1.29 is 14.5 Å². The molecular formula is C14H12O3S. The molecule has 2 rings (SSSR count). The summed E-state index contributed by atoms with van der Waals surface area (Å²) in [6.07, 6.45) is 0. The normalized spacial score (nSPS) is 12.3. The molecule has 0 aromatic heterocycles. The van der Waals surface area contributed by atoms with Gasteiger partial charge in [-0.2, -0.15) is 4.79 Å². The molecule has 0 aliphatic carbocycles. The molecule has 0 aliphatic heterocycles. The first-order valence-corrected chi connectivity index (χ1v) is 6.65. The Labute approximate surface area is 108 Å². The summed E-state index contributed by atoms with van der Waals surface area (Å²) in [4.78, 5) is 11.0. The van der Waals surface area contributed by atoms with E-state index >= 15 is 0 Å². The summed E-state index contributed by atoms with van der Waals surface area (Å²) in [5.41, 5.74) is 1.48. The lowest BCUT2D eigenvalue weighted by atomic mass is 10.0. The van der Waals surface area contributed by atoms with E-state index in [1.807, 2.05) is 36.4 Å². The summed E-state index contributed by atoms with van der Waals surface area (Å²) in [5, 5.41) is 7.04. The highest BCUT2D eigenvalue weighted by Crippen LogP contribution is 2.30. The predicted molar refractivity (Wildman–Crippen MR) is 70.9 cm³/mol. The van der Waals surface area contributed by atoms with Gasteiger partial charge in [0.1, 0.15) is 0 Å². The van der Waals surface area contributed by atoms with Crippen molar-refractivity contribution in [2.75, 3.05) is 0 Å². The van der Waals surface area contributed by atoms with E-state index in [0.29, 0.717) is 0 Å². The van der Waals surface area contributed by atoms with Crippen molar-refractivity contribution in [1.82, 2.24) is 0 Å². The largest absolute Gasteiger partial charge is 0.606 e. The van der Waals surface area contributed by atoms with Crippen LogP contribution in [0.5, 0.6) is 0 Å². The first-order valence-electron chi connectivity index (χ1n) is 5.43. The fourth-order valence-electron chi connectivity index (χ4n) is 1.80. The topological polar surface area (TPSA) is 60.4 Å². The van der Waals surface area contributed by atoms with E-state index in [1.165, 1.54) is 0 Å². The van der Waals surface area contributed by atoms with Gasteiger partial charge in [0, 0.05) is 11.1 Å². The van der Waals surface area contributed by atoms with Crippen LogP contribution in [0.1, 0.15) is 16.4 Å². The van der Waals surface area contributed by atoms with Gasteiger partial charge in [-0.3, -0.25) is 0 Å². The van der Waals surface area contributed by atoms with Gasteiger partial charge in [-0.05, 0) is 0 Å². The molecule has 92 valence electrons. The minimum absolute atomic E-state index is 0.634. The average molecular weight is 260 g/mol. The van der Waals surface area contributed by atoms with Crippen LogP contribution in [0.25, 0.3) is 0 Å². The molecular weight excluding hydrogens is 248 g/mol. The van der Waals surface area contributed by atoms with Crippen molar-refractivity contribution in [2.24, 2.45) is 0 Å². The summed E-state index contributed by atoms with van der Waals surface area (Å²) in [6.45, 7) is 0. The zero-order valence-corrected chi connectivity index (χ0v) is 10.3. The smallest absolute Gasteiger partial charge is 0.521 e. The monoisotopic (exact) mass is 260 g/mol. The Morgan fingerprint density at radius 2 is 1.33 bits per heavy atom. The Morgan fingerprint density at radius 3 is 1.67 bits per heavy atom. The van der Waals surface area contributed by atoms with Gasteiger partial charge in [0.05, 0.1) is 11.2 Å². The average Bonchev–Trinajstić information content (AvgIpc) is 2.41.